The summed E-state index contributed by atoms with van der Waals surface area (Å²) in [7, 11) is -3.61. The summed E-state index contributed by atoms with van der Waals surface area (Å²) < 4.78 is 26.5. The number of nitrogens with one attached hydrogen (secondary N) is 2. The van der Waals surface area contributed by atoms with E-state index in [2.05, 4.69) is 10.0 Å². The molecular weight excluding hydrogens is 383 g/mol. The molecule has 1 atom stereocenters. The number of halogens is 2. The van der Waals surface area contributed by atoms with Crippen molar-refractivity contribution in [2.45, 2.75) is 24.3 Å². The van der Waals surface area contributed by atoms with Gasteiger partial charge in [0.05, 0.1) is 21.0 Å². The van der Waals surface area contributed by atoms with Crippen molar-refractivity contribution in [3.05, 3.63) is 64.1 Å². The molecule has 1 unspecified atom stereocenters. The molecule has 0 bridgehead atoms. The van der Waals surface area contributed by atoms with E-state index >= 15 is 0 Å². The van der Waals surface area contributed by atoms with Gasteiger partial charge < -0.3 is 5.32 Å². The normalized spacial score (nSPS) is 12.6. The topological polar surface area (TPSA) is 75.3 Å². The Balaban J connectivity index is 1.85. The Hall–Kier alpha value is -1.60. The predicted molar refractivity (Wildman–Crippen MR) is 99.3 cm³/mol. The largest absolute Gasteiger partial charge is 0.350 e. The van der Waals surface area contributed by atoms with Crippen LogP contribution >= 0.6 is 23.2 Å². The van der Waals surface area contributed by atoms with Gasteiger partial charge in [-0.25, -0.2) is 13.1 Å². The molecule has 0 radical (unpaired) electrons. The van der Waals surface area contributed by atoms with Crippen molar-refractivity contribution < 1.29 is 13.2 Å². The van der Waals surface area contributed by atoms with Crippen molar-refractivity contribution in [3.63, 3.8) is 0 Å². The number of hydrogen-bond acceptors (Lipinski definition) is 3. The van der Waals surface area contributed by atoms with E-state index in [0.29, 0.717) is 10.0 Å². The van der Waals surface area contributed by atoms with Gasteiger partial charge in [0.1, 0.15) is 0 Å². The Bertz CT molecular complexity index is 842. The lowest BCUT2D eigenvalue weighted by Crippen LogP contribution is -2.32. The Morgan fingerprint density at radius 2 is 1.76 bits per heavy atom. The van der Waals surface area contributed by atoms with E-state index in [1.165, 1.54) is 12.1 Å². The summed E-state index contributed by atoms with van der Waals surface area (Å²) in [6, 6.07) is 12.9. The second kappa shape index (κ2) is 8.67. The van der Waals surface area contributed by atoms with Crippen LogP contribution in [0.25, 0.3) is 0 Å². The van der Waals surface area contributed by atoms with E-state index in [9.17, 15) is 13.2 Å². The number of hydrogen-bond donors (Lipinski definition) is 2. The fourth-order valence-electron chi connectivity index (χ4n) is 2.16. The third-order valence-corrected chi connectivity index (χ3v) is 5.73. The molecule has 0 aliphatic carbocycles. The van der Waals surface area contributed by atoms with E-state index in [1.54, 1.807) is 36.4 Å². The number of amides is 1. The average molecular weight is 401 g/mol. The van der Waals surface area contributed by atoms with Crippen LogP contribution in [-0.2, 0) is 14.8 Å². The zero-order valence-corrected chi connectivity index (χ0v) is 15.8. The summed E-state index contributed by atoms with van der Waals surface area (Å²) in [5, 5.41) is 3.65. The number of carbonyl (C=O) groups excluding carboxylic acids is 1. The van der Waals surface area contributed by atoms with Crippen LogP contribution in [0.5, 0.6) is 0 Å². The van der Waals surface area contributed by atoms with Crippen LogP contribution in [0.2, 0.25) is 10.0 Å². The monoisotopic (exact) mass is 400 g/mol. The standard InChI is InChI=1S/C17H18Cl2N2O3S/c1-12(13-7-8-15(18)16(19)11-13)21-17(22)9-10-20-25(23,24)14-5-3-2-4-6-14/h2-8,11-12,20H,9-10H2,1H3,(H,21,22). The number of carbonyl (C=O) groups is 1. The fraction of sp³-hybridized carbons (Fsp3) is 0.235. The van der Waals surface area contributed by atoms with Crippen molar-refractivity contribution in [2.75, 3.05) is 6.54 Å². The highest BCUT2D eigenvalue weighted by Crippen LogP contribution is 2.25. The molecular formula is C17H18Cl2N2O3S. The smallest absolute Gasteiger partial charge is 0.240 e. The van der Waals surface area contributed by atoms with Crippen LogP contribution < -0.4 is 10.0 Å². The lowest BCUT2D eigenvalue weighted by Gasteiger charge is -2.15. The summed E-state index contributed by atoms with van der Waals surface area (Å²) in [6.07, 6.45) is 0.0255. The first-order valence-corrected chi connectivity index (χ1v) is 9.82. The minimum absolute atomic E-state index is 0.0111. The van der Waals surface area contributed by atoms with Gasteiger partial charge in [0.25, 0.3) is 0 Å². The van der Waals surface area contributed by atoms with Crippen molar-refractivity contribution in [2.24, 2.45) is 0 Å². The summed E-state index contributed by atoms with van der Waals surface area (Å²) >= 11 is 11.8. The maximum atomic E-state index is 12.1. The molecule has 0 spiro atoms. The molecule has 5 nitrogen and oxygen atoms in total. The van der Waals surface area contributed by atoms with Crippen molar-refractivity contribution in [3.8, 4) is 0 Å². The first kappa shape index (κ1) is 19.7. The van der Waals surface area contributed by atoms with Gasteiger partial charge in [0, 0.05) is 13.0 Å². The van der Waals surface area contributed by atoms with E-state index in [1.807, 2.05) is 6.92 Å². The zero-order chi connectivity index (χ0) is 18.4. The van der Waals surface area contributed by atoms with Crippen LogP contribution in [-0.4, -0.2) is 20.9 Å². The minimum Gasteiger partial charge on any atom is -0.350 e. The van der Waals surface area contributed by atoms with Gasteiger partial charge in [-0.05, 0) is 36.8 Å². The molecule has 0 aromatic heterocycles. The van der Waals surface area contributed by atoms with Gasteiger partial charge in [-0.15, -0.1) is 0 Å². The highest BCUT2D eigenvalue weighted by Gasteiger charge is 2.15. The minimum atomic E-state index is -3.61. The second-order valence-corrected chi connectivity index (χ2v) is 8.00. The fourth-order valence-corrected chi connectivity index (χ4v) is 3.52. The molecule has 134 valence electrons. The molecule has 0 fully saturated rings. The molecule has 0 saturated heterocycles. The molecule has 0 aliphatic rings. The van der Waals surface area contributed by atoms with Gasteiger partial charge in [-0.2, -0.15) is 0 Å². The molecule has 2 aromatic carbocycles. The Labute approximate surface area is 157 Å². The first-order chi connectivity index (χ1) is 11.8. The summed E-state index contributed by atoms with van der Waals surface area (Å²) in [5.41, 5.74) is 0.813. The summed E-state index contributed by atoms with van der Waals surface area (Å²) in [4.78, 5) is 12.2. The molecule has 0 saturated carbocycles. The van der Waals surface area contributed by atoms with Gasteiger partial charge >= 0.3 is 0 Å². The van der Waals surface area contributed by atoms with Crippen LogP contribution in [0.4, 0.5) is 0 Å². The molecule has 2 aromatic rings. The number of sulfonamides is 1. The van der Waals surface area contributed by atoms with Crippen molar-refractivity contribution in [1.29, 1.82) is 0 Å². The first-order valence-electron chi connectivity index (χ1n) is 7.58. The third kappa shape index (κ3) is 5.71. The van der Waals surface area contributed by atoms with Crippen LogP contribution in [0.15, 0.2) is 53.4 Å². The third-order valence-electron chi connectivity index (χ3n) is 3.52. The molecule has 2 N–H and O–H groups in total. The molecule has 25 heavy (non-hydrogen) atoms. The lowest BCUT2D eigenvalue weighted by molar-refractivity contribution is -0.121. The van der Waals surface area contributed by atoms with E-state index in [-0.39, 0.29) is 29.8 Å². The summed E-state index contributed by atoms with van der Waals surface area (Å²) in [6.45, 7) is 1.82. The van der Waals surface area contributed by atoms with Gasteiger partial charge in [-0.3, -0.25) is 4.79 Å². The highest BCUT2D eigenvalue weighted by molar-refractivity contribution is 7.89. The van der Waals surface area contributed by atoms with Crippen molar-refractivity contribution >= 4 is 39.1 Å². The van der Waals surface area contributed by atoms with E-state index < -0.39 is 10.0 Å². The zero-order valence-electron chi connectivity index (χ0n) is 13.5. The molecule has 0 heterocycles. The predicted octanol–water partition coefficient (Wildman–Crippen LogP) is 3.54. The van der Waals surface area contributed by atoms with Crippen LogP contribution in [0.1, 0.15) is 24.9 Å². The number of benzene rings is 2. The highest BCUT2D eigenvalue weighted by atomic mass is 35.5. The van der Waals surface area contributed by atoms with Crippen LogP contribution in [0.3, 0.4) is 0 Å². The maximum absolute atomic E-state index is 12.1. The van der Waals surface area contributed by atoms with Gasteiger partial charge in [0.2, 0.25) is 15.9 Å². The quantitative estimate of drug-likeness (QED) is 0.745. The van der Waals surface area contributed by atoms with Crippen molar-refractivity contribution in [1.82, 2.24) is 10.0 Å². The Kier molecular flexibility index (Phi) is 6.84. The SMILES string of the molecule is CC(NC(=O)CCNS(=O)(=O)c1ccccc1)c1ccc(Cl)c(Cl)c1. The number of rotatable bonds is 7. The Morgan fingerprint density at radius 3 is 2.40 bits per heavy atom. The molecule has 2 rings (SSSR count). The molecule has 8 heteroatoms. The van der Waals surface area contributed by atoms with Gasteiger partial charge in [0.15, 0.2) is 0 Å². The maximum Gasteiger partial charge on any atom is 0.240 e. The summed E-state index contributed by atoms with van der Waals surface area (Å²) in [5.74, 6) is -0.269. The van der Waals surface area contributed by atoms with E-state index in [0.717, 1.165) is 5.56 Å². The molecule has 1 amide bonds. The second-order valence-electron chi connectivity index (χ2n) is 5.42. The lowest BCUT2D eigenvalue weighted by atomic mass is 10.1. The van der Waals surface area contributed by atoms with Gasteiger partial charge in [-0.1, -0.05) is 47.5 Å². The average Bonchev–Trinajstić information content (AvgIpc) is 2.58. The molecule has 0 aliphatic heterocycles. The Morgan fingerprint density at radius 1 is 1.08 bits per heavy atom. The van der Waals surface area contributed by atoms with E-state index in [4.69, 9.17) is 23.2 Å². The van der Waals surface area contributed by atoms with Crippen LogP contribution in [0, 0.1) is 0 Å².